The molecule has 2 aliphatic heterocycles. The number of nitrogens with one attached hydrogen (secondary N) is 1. The first-order chi connectivity index (χ1) is 15.5. The molecule has 0 aromatic carbocycles. The molecule has 14 nitrogen and oxygen atoms in total. The number of thioether (sulfide) groups is 3. The lowest BCUT2D eigenvalue weighted by Crippen LogP contribution is -2.80. The zero-order valence-corrected chi connectivity index (χ0v) is 18.9. The Morgan fingerprint density at radius 1 is 1.47 bits per heavy atom. The highest BCUT2D eigenvalue weighted by Gasteiger charge is 2.66. The third-order valence-electron chi connectivity index (χ3n) is 4.52. The molecule has 0 aliphatic carbocycles. The number of aromatic nitrogens is 6. The number of rotatable bonds is 10. The van der Waals surface area contributed by atoms with Gasteiger partial charge in [0.1, 0.15) is 17.4 Å². The van der Waals surface area contributed by atoms with Crippen LogP contribution in [0.2, 0.25) is 0 Å². The Hall–Kier alpha value is -2.63. The molecular formula is C15H16N8O6S3. The molecule has 2 aromatic rings. The zero-order valence-electron chi connectivity index (χ0n) is 16.4. The van der Waals surface area contributed by atoms with Gasteiger partial charge in [0, 0.05) is 18.6 Å². The van der Waals surface area contributed by atoms with Crippen molar-refractivity contribution in [2.24, 2.45) is 0 Å². The summed E-state index contributed by atoms with van der Waals surface area (Å²) in [4.78, 5) is 38.6. The van der Waals surface area contributed by atoms with E-state index >= 15 is 0 Å². The number of carboxylic acid groups (broad SMARTS) is 1. The lowest BCUT2D eigenvalue weighted by Gasteiger charge is -2.55. The SMILES string of the molecule is CO[C@@]1(NC(=O)CSCn2cnnn2)C(=O)N2C(C(=O)O)=C(CSc3nnco3)CSC21. The van der Waals surface area contributed by atoms with Crippen molar-refractivity contribution in [3.8, 4) is 0 Å². The molecule has 32 heavy (non-hydrogen) atoms. The second kappa shape index (κ2) is 9.47. The largest absolute Gasteiger partial charge is 0.477 e. The Labute approximate surface area is 192 Å². The number of methoxy groups -OCH3 is 1. The number of ether oxygens (including phenoxy) is 1. The van der Waals surface area contributed by atoms with Crippen molar-refractivity contribution in [1.82, 2.24) is 40.6 Å². The molecule has 2 atom stereocenters. The highest BCUT2D eigenvalue weighted by atomic mass is 32.2. The van der Waals surface area contributed by atoms with E-state index in [1.54, 1.807) is 0 Å². The topological polar surface area (TPSA) is 178 Å². The first-order valence-corrected chi connectivity index (χ1v) is 12.1. The first-order valence-electron chi connectivity index (χ1n) is 8.90. The van der Waals surface area contributed by atoms with Gasteiger partial charge < -0.3 is 19.6 Å². The lowest BCUT2D eigenvalue weighted by atomic mass is 9.98. The van der Waals surface area contributed by atoms with Crippen LogP contribution in [-0.2, 0) is 25.0 Å². The van der Waals surface area contributed by atoms with Crippen LogP contribution in [-0.4, -0.2) is 93.7 Å². The summed E-state index contributed by atoms with van der Waals surface area (Å²) in [6.07, 6.45) is 2.60. The smallest absolute Gasteiger partial charge is 0.352 e. The molecule has 2 aromatic heterocycles. The van der Waals surface area contributed by atoms with Gasteiger partial charge in [0.25, 0.3) is 16.9 Å². The molecular weight excluding hydrogens is 484 g/mol. The highest BCUT2D eigenvalue weighted by molar-refractivity contribution is 8.01. The molecule has 2 N–H and O–H groups in total. The van der Waals surface area contributed by atoms with E-state index in [1.807, 2.05) is 0 Å². The summed E-state index contributed by atoms with van der Waals surface area (Å²) in [5.41, 5.74) is -1.23. The van der Waals surface area contributed by atoms with Gasteiger partial charge in [-0.15, -0.1) is 38.8 Å². The van der Waals surface area contributed by atoms with Gasteiger partial charge in [-0.3, -0.25) is 14.5 Å². The van der Waals surface area contributed by atoms with E-state index in [-0.39, 0.29) is 17.2 Å². The molecule has 4 heterocycles. The fourth-order valence-electron chi connectivity index (χ4n) is 3.14. The number of nitrogens with zero attached hydrogens (tertiary/aromatic N) is 7. The molecule has 0 bridgehead atoms. The average molecular weight is 501 g/mol. The average Bonchev–Trinajstić information content (AvgIpc) is 3.49. The summed E-state index contributed by atoms with van der Waals surface area (Å²) in [5.74, 6) is -1.35. The van der Waals surface area contributed by atoms with Crippen LogP contribution >= 0.6 is 35.3 Å². The third-order valence-corrected chi connectivity index (χ3v) is 7.72. The Kier molecular flexibility index (Phi) is 6.68. The molecule has 4 rings (SSSR count). The van der Waals surface area contributed by atoms with Crippen molar-refractivity contribution < 1.29 is 28.6 Å². The van der Waals surface area contributed by atoms with Crippen molar-refractivity contribution in [1.29, 1.82) is 0 Å². The number of carbonyl (C=O) groups is 3. The van der Waals surface area contributed by atoms with E-state index in [1.165, 1.54) is 59.8 Å². The normalized spacial score (nSPS) is 22.5. The van der Waals surface area contributed by atoms with Crippen LogP contribution < -0.4 is 5.32 Å². The fourth-order valence-corrected chi connectivity index (χ4v) is 6.12. The maximum atomic E-state index is 13.0. The van der Waals surface area contributed by atoms with Crippen molar-refractivity contribution in [2.45, 2.75) is 22.2 Å². The monoisotopic (exact) mass is 500 g/mol. The number of β-lactam (4-membered cyclic amide) rings is 1. The summed E-state index contributed by atoms with van der Waals surface area (Å²) >= 11 is 3.72. The zero-order chi connectivity index (χ0) is 22.7. The summed E-state index contributed by atoms with van der Waals surface area (Å²) in [6.45, 7) is 0. The van der Waals surface area contributed by atoms with Gasteiger partial charge in [0.15, 0.2) is 0 Å². The van der Waals surface area contributed by atoms with Gasteiger partial charge in [-0.1, -0.05) is 11.8 Å². The van der Waals surface area contributed by atoms with Crippen molar-refractivity contribution in [3.63, 3.8) is 0 Å². The number of carbonyl (C=O) groups excluding carboxylic acids is 2. The maximum absolute atomic E-state index is 13.0. The van der Waals surface area contributed by atoms with Gasteiger partial charge in [-0.05, 0) is 16.0 Å². The van der Waals surface area contributed by atoms with Gasteiger partial charge in [0.05, 0.1) is 11.6 Å². The molecule has 1 saturated heterocycles. The van der Waals surface area contributed by atoms with Crippen LogP contribution in [0.4, 0.5) is 0 Å². The number of aliphatic carboxylic acids is 1. The number of hydrogen-bond donors (Lipinski definition) is 2. The molecule has 1 fully saturated rings. The van der Waals surface area contributed by atoms with Crippen LogP contribution in [0.3, 0.4) is 0 Å². The van der Waals surface area contributed by atoms with Crippen molar-refractivity contribution in [3.05, 3.63) is 24.0 Å². The summed E-state index contributed by atoms with van der Waals surface area (Å²) in [6, 6.07) is 0. The van der Waals surface area contributed by atoms with E-state index in [4.69, 9.17) is 9.15 Å². The van der Waals surface area contributed by atoms with E-state index in [2.05, 4.69) is 31.0 Å². The number of tetrazole rings is 1. The van der Waals surface area contributed by atoms with E-state index < -0.39 is 28.9 Å². The van der Waals surface area contributed by atoms with Crippen LogP contribution in [0.1, 0.15) is 0 Å². The third kappa shape index (κ3) is 4.19. The summed E-state index contributed by atoms with van der Waals surface area (Å²) < 4.78 is 11.9. The predicted molar refractivity (Wildman–Crippen MR) is 111 cm³/mol. The van der Waals surface area contributed by atoms with E-state index in [0.29, 0.717) is 22.4 Å². The summed E-state index contributed by atoms with van der Waals surface area (Å²) in [7, 11) is 1.30. The van der Waals surface area contributed by atoms with Crippen LogP contribution in [0.5, 0.6) is 0 Å². The van der Waals surface area contributed by atoms with E-state index in [9.17, 15) is 19.5 Å². The first kappa shape index (κ1) is 22.6. The van der Waals surface area contributed by atoms with Crippen molar-refractivity contribution >= 4 is 53.1 Å². The minimum absolute atomic E-state index is 0.0311. The van der Waals surface area contributed by atoms with Crippen molar-refractivity contribution in [2.75, 3.05) is 24.4 Å². The standard InChI is InChI=1S/C15H16N8O6S3/c1-28-15(18-9(24)4-30-7-22-5-16-20-21-22)12(27)23-10(11(25)26)8(2-31-13(15)23)3-32-14-19-17-6-29-14/h5-6,13H,2-4,7H2,1H3,(H,18,24)(H,25,26)/t13?,15-/m0/s1. The number of amides is 2. The second-order valence-corrected chi connectivity index (χ2v) is 9.35. The molecule has 17 heteroatoms. The minimum Gasteiger partial charge on any atom is -0.477 e. The number of fused-ring (bicyclic) bond motifs is 1. The molecule has 0 spiro atoms. The van der Waals surface area contributed by atoms with Crippen LogP contribution in [0, 0.1) is 0 Å². The van der Waals surface area contributed by atoms with Crippen LogP contribution in [0.15, 0.2) is 33.6 Å². The van der Waals surface area contributed by atoms with Gasteiger partial charge in [-0.25, -0.2) is 9.48 Å². The minimum atomic E-state index is -1.64. The Balaban J connectivity index is 1.43. The quantitative estimate of drug-likeness (QED) is 0.236. The maximum Gasteiger partial charge on any atom is 0.352 e. The van der Waals surface area contributed by atoms with Gasteiger partial charge >= 0.3 is 5.97 Å². The Morgan fingerprint density at radius 3 is 2.97 bits per heavy atom. The second-order valence-electron chi connectivity index (χ2n) is 6.40. The highest BCUT2D eigenvalue weighted by Crippen LogP contribution is 2.47. The van der Waals surface area contributed by atoms with Gasteiger partial charge in [-0.2, -0.15) is 0 Å². The Bertz CT molecular complexity index is 1030. The van der Waals surface area contributed by atoms with E-state index in [0.717, 1.165) is 4.90 Å². The summed E-state index contributed by atoms with van der Waals surface area (Å²) in [5, 5.41) is 30.0. The molecule has 0 radical (unpaired) electrons. The molecule has 2 amide bonds. The number of hydrogen-bond acceptors (Lipinski definition) is 13. The molecule has 0 saturated carbocycles. The Morgan fingerprint density at radius 2 is 2.31 bits per heavy atom. The fraction of sp³-hybridized carbons (Fsp3) is 0.467. The molecule has 2 aliphatic rings. The predicted octanol–water partition coefficient (Wildman–Crippen LogP) is -0.748. The lowest BCUT2D eigenvalue weighted by molar-refractivity contribution is -0.192. The van der Waals surface area contributed by atoms with Crippen LogP contribution in [0.25, 0.3) is 0 Å². The molecule has 1 unspecified atom stereocenters. The van der Waals surface area contributed by atoms with Gasteiger partial charge in [0.2, 0.25) is 12.3 Å². The number of carboxylic acids is 1. The molecule has 170 valence electrons.